The molecule has 1 aromatic heterocycles. The summed E-state index contributed by atoms with van der Waals surface area (Å²) in [7, 11) is 0. The van der Waals surface area contributed by atoms with Gasteiger partial charge in [0.05, 0.1) is 19.3 Å². The molecule has 0 bridgehead atoms. The second-order valence-corrected chi connectivity index (χ2v) is 3.59. The summed E-state index contributed by atoms with van der Waals surface area (Å²) in [5.74, 6) is -0.252. The molecule has 15 heavy (non-hydrogen) atoms. The highest BCUT2D eigenvalue weighted by molar-refractivity contribution is 5.86. The molecule has 0 aromatic carbocycles. The Labute approximate surface area is 87.0 Å². The lowest BCUT2D eigenvalue weighted by Gasteiger charge is -2.33. The van der Waals surface area contributed by atoms with E-state index in [0.29, 0.717) is 6.54 Å². The number of hydrogen-bond donors (Lipinski definition) is 2. The number of H-pyrrole nitrogens is 1. The molecule has 5 nitrogen and oxygen atoms in total. The van der Waals surface area contributed by atoms with Crippen molar-refractivity contribution in [1.82, 2.24) is 10.3 Å². The average Bonchev–Trinajstić information content (AvgIpc) is 2.66. The number of rotatable bonds is 3. The fraction of sp³-hybridized carbons (Fsp3) is 0.400. The van der Waals surface area contributed by atoms with Crippen molar-refractivity contribution >= 4 is 5.91 Å². The second kappa shape index (κ2) is 3.75. The standard InChI is InChI=1S/C10H11N3O2/c11-5-10(6-15-7-10)9(14)13-4-8-1-2-12-3-8/h1-3,12H,4,6-7H2,(H,13,14). The maximum Gasteiger partial charge on any atom is 0.245 e. The Hall–Kier alpha value is -1.80. The van der Waals surface area contributed by atoms with E-state index in [-0.39, 0.29) is 19.1 Å². The molecule has 0 unspecified atom stereocenters. The summed E-state index contributed by atoms with van der Waals surface area (Å²) in [6, 6.07) is 3.87. The lowest BCUT2D eigenvalue weighted by Crippen LogP contribution is -2.52. The highest BCUT2D eigenvalue weighted by Crippen LogP contribution is 2.26. The number of nitrogens with zero attached hydrogens (tertiary/aromatic N) is 1. The van der Waals surface area contributed by atoms with Crippen LogP contribution in [0.5, 0.6) is 0 Å². The van der Waals surface area contributed by atoms with E-state index in [9.17, 15) is 4.79 Å². The summed E-state index contributed by atoms with van der Waals surface area (Å²) in [4.78, 5) is 14.5. The number of amides is 1. The largest absolute Gasteiger partial charge is 0.377 e. The van der Waals surface area contributed by atoms with Gasteiger partial charge in [0.15, 0.2) is 5.41 Å². The number of nitriles is 1. The van der Waals surface area contributed by atoms with Crippen LogP contribution in [0.1, 0.15) is 5.56 Å². The molecule has 0 spiro atoms. The molecular formula is C10H11N3O2. The highest BCUT2D eigenvalue weighted by Gasteiger charge is 2.46. The predicted octanol–water partition coefficient (Wildman–Crippen LogP) is 0.171. The first-order chi connectivity index (χ1) is 7.27. The third kappa shape index (κ3) is 1.72. The zero-order valence-electron chi connectivity index (χ0n) is 8.12. The normalized spacial score (nSPS) is 17.5. The van der Waals surface area contributed by atoms with Crippen molar-refractivity contribution in [3.63, 3.8) is 0 Å². The maximum atomic E-state index is 11.6. The van der Waals surface area contributed by atoms with E-state index in [4.69, 9.17) is 10.00 Å². The smallest absolute Gasteiger partial charge is 0.245 e. The number of nitrogens with one attached hydrogen (secondary N) is 2. The van der Waals surface area contributed by atoms with Gasteiger partial charge in [-0.2, -0.15) is 5.26 Å². The van der Waals surface area contributed by atoms with Gasteiger partial charge >= 0.3 is 0 Å². The molecule has 1 fully saturated rings. The van der Waals surface area contributed by atoms with Crippen molar-refractivity contribution in [1.29, 1.82) is 5.26 Å². The van der Waals surface area contributed by atoms with E-state index >= 15 is 0 Å². The molecule has 2 N–H and O–H groups in total. The van der Waals surface area contributed by atoms with Gasteiger partial charge in [-0.05, 0) is 11.6 Å². The van der Waals surface area contributed by atoms with Crippen LogP contribution in [0.4, 0.5) is 0 Å². The van der Waals surface area contributed by atoms with Crippen LogP contribution in [-0.4, -0.2) is 24.1 Å². The van der Waals surface area contributed by atoms with E-state index in [1.165, 1.54) is 0 Å². The van der Waals surface area contributed by atoms with Gasteiger partial charge in [0.2, 0.25) is 5.91 Å². The van der Waals surface area contributed by atoms with E-state index in [1.54, 1.807) is 12.4 Å². The Morgan fingerprint density at radius 2 is 2.53 bits per heavy atom. The number of hydrogen-bond acceptors (Lipinski definition) is 3. The van der Waals surface area contributed by atoms with Crippen molar-refractivity contribution in [2.45, 2.75) is 6.54 Å². The Morgan fingerprint density at radius 1 is 1.73 bits per heavy atom. The fourth-order valence-corrected chi connectivity index (χ4v) is 1.37. The average molecular weight is 205 g/mol. The van der Waals surface area contributed by atoms with E-state index in [0.717, 1.165) is 5.56 Å². The maximum absolute atomic E-state index is 11.6. The summed E-state index contributed by atoms with van der Waals surface area (Å²) in [6.45, 7) is 0.830. The number of ether oxygens (including phenoxy) is 1. The van der Waals surface area contributed by atoms with Crippen LogP contribution in [0.2, 0.25) is 0 Å². The van der Waals surface area contributed by atoms with Crippen LogP contribution in [0.15, 0.2) is 18.5 Å². The molecule has 5 heteroatoms. The molecule has 78 valence electrons. The molecule has 1 aliphatic rings. The monoisotopic (exact) mass is 205 g/mol. The molecule has 1 aliphatic heterocycles. The fourth-order valence-electron chi connectivity index (χ4n) is 1.37. The van der Waals surface area contributed by atoms with Crippen LogP contribution in [0, 0.1) is 16.7 Å². The van der Waals surface area contributed by atoms with Gasteiger partial charge in [-0.15, -0.1) is 0 Å². The number of carbonyl (C=O) groups is 1. The Balaban J connectivity index is 1.90. The minimum Gasteiger partial charge on any atom is -0.377 e. The zero-order valence-corrected chi connectivity index (χ0v) is 8.12. The Kier molecular flexibility index (Phi) is 2.44. The van der Waals surface area contributed by atoms with Crippen molar-refractivity contribution in [2.75, 3.05) is 13.2 Å². The van der Waals surface area contributed by atoms with Gasteiger partial charge < -0.3 is 15.0 Å². The summed E-state index contributed by atoms with van der Waals surface area (Å²) in [6.07, 6.45) is 3.59. The SMILES string of the molecule is N#CC1(C(=O)NCc2cc[nH]c2)COC1. The number of carbonyl (C=O) groups excluding carboxylic acids is 1. The summed E-state index contributed by atoms with van der Waals surface area (Å²) >= 11 is 0. The summed E-state index contributed by atoms with van der Waals surface area (Å²) in [5.41, 5.74) is 0.0210. The first-order valence-corrected chi connectivity index (χ1v) is 4.66. The van der Waals surface area contributed by atoms with Crippen molar-refractivity contribution < 1.29 is 9.53 Å². The third-order valence-corrected chi connectivity index (χ3v) is 2.46. The molecule has 2 rings (SSSR count). The molecular weight excluding hydrogens is 194 g/mol. The molecule has 1 saturated heterocycles. The van der Waals surface area contributed by atoms with Crippen LogP contribution in [0.3, 0.4) is 0 Å². The molecule has 2 heterocycles. The molecule has 0 atom stereocenters. The van der Waals surface area contributed by atoms with Crippen LogP contribution >= 0.6 is 0 Å². The lowest BCUT2D eigenvalue weighted by molar-refractivity contribution is -0.150. The number of aromatic amines is 1. The molecule has 0 aliphatic carbocycles. The van der Waals surface area contributed by atoms with E-state index in [2.05, 4.69) is 10.3 Å². The molecule has 0 saturated carbocycles. The van der Waals surface area contributed by atoms with Crippen molar-refractivity contribution in [3.8, 4) is 6.07 Å². The second-order valence-electron chi connectivity index (χ2n) is 3.59. The van der Waals surface area contributed by atoms with Gasteiger partial charge in [0.25, 0.3) is 0 Å². The molecule has 1 amide bonds. The van der Waals surface area contributed by atoms with Crippen molar-refractivity contribution in [3.05, 3.63) is 24.0 Å². The predicted molar refractivity (Wildman–Crippen MR) is 51.5 cm³/mol. The van der Waals surface area contributed by atoms with Crippen molar-refractivity contribution in [2.24, 2.45) is 5.41 Å². The highest BCUT2D eigenvalue weighted by atomic mass is 16.5. The van der Waals surface area contributed by atoms with Crippen LogP contribution < -0.4 is 5.32 Å². The lowest BCUT2D eigenvalue weighted by atomic mass is 9.87. The van der Waals surface area contributed by atoms with E-state index < -0.39 is 5.41 Å². The minimum atomic E-state index is -0.962. The van der Waals surface area contributed by atoms with Crippen LogP contribution in [0.25, 0.3) is 0 Å². The summed E-state index contributed by atoms with van der Waals surface area (Å²) in [5, 5.41) is 11.6. The van der Waals surface area contributed by atoms with Gasteiger partial charge in [-0.3, -0.25) is 4.79 Å². The zero-order chi connectivity index (χ0) is 10.7. The Morgan fingerprint density at radius 3 is 3.00 bits per heavy atom. The van der Waals surface area contributed by atoms with Gasteiger partial charge in [-0.25, -0.2) is 0 Å². The van der Waals surface area contributed by atoms with E-state index in [1.807, 2.05) is 12.1 Å². The number of aromatic nitrogens is 1. The first kappa shape index (κ1) is 9.74. The van der Waals surface area contributed by atoms with Gasteiger partial charge in [-0.1, -0.05) is 0 Å². The van der Waals surface area contributed by atoms with Gasteiger partial charge in [0.1, 0.15) is 0 Å². The first-order valence-electron chi connectivity index (χ1n) is 4.66. The Bertz CT molecular complexity index is 387. The van der Waals surface area contributed by atoms with Gasteiger partial charge in [0, 0.05) is 18.9 Å². The topological polar surface area (TPSA) is 77.9 Å². The molecule has 1 aromatic rings. The summed E-state index contributed by atoms with van der Waals surface area (Å²) < 4.78 is 4.90. The molecule has 0 radical (unpaired) electrons. The van der Waals surface area contributed by atoms with Crippen LogP contribution in [-0.2, 0) is 16.1 Å². The third-order valence-electron chi connectivity index (χ3n) is 2.46. The minimum absolute atomic E-state index is 0.197. The quantitative estimate of drug-likeness (QED) is 0.738.